The molecule has 0 radical (unpaired) electrons. The van der Waals surface area contributed by atoms with E-state index in [0.29, 0.717) is 11.3 Å². The minimum absolute atomic E-state index is 0.542. The molecule has 1 unspecified atom stereocenters. The summed E-state index contributed by atoms with van der Waals surface area (Å²) in [6.07, 6.45) is 2.26. The molecule has 1 atom stereocenters. The lowest BCUT2D eigenvalue weighted by molar-refractivity contribution is -0.605. The predicted octanol–water partition coefficient (Wildman–Crippen LogP) is -0.314. The SMILES string of the molecule is [O-][n+]1ccc(C(O)CN2CCOCC2)cc1. The molecule has 1 aromatic heterocycles. The highest BCUT2D eigenvalue weighted by atomic mass is 16.5. The van der Waals surface area contributed by atoms with Crippen molar-refractivity contribution >= 4 is 0 Å². The van der Waals surface area contributed by atoms with Crippen molar-refractivity contribution in [2.45, 2.75) is 6.10 Å². The molecule has 2 rings (SSSR count). The van der Waals surface area contributed by atoms with E-state index in [1.54, 1.807) is 12.1 Å². The summed E-state index contributed by atoms with van der Waals surface area (Å²) in [5.41, 5.74) is 0.776. The van der Waals surface area contributed by atoms with Crippen LogP contribution in [0.2, 0.25) is 0 Å². The molecular weight excluding hydrogens is 208 g/mol. The van der Waals surface area contributed by atoms with Gasteiger partial charge in [-0.2, -0.15) is 4.73 Å². The third kappa shape index (κ3) is 2.91. The first kappa shape index (κ1) is 11.3. The van der Waals surface area contributed by atoms with Crippen LogP contribution in [0.15, 0.2) is 24.5 Å². The number of β-amino-alcohol motifs (C(OH)–C–C–N with tert-alkyl or cyclic N) is 1. The van der Waals surface area contributed by atoms with Crippen LogP contribution in [-0.4, -0.2) is 42.9 Å². The average Bonchev–Trinajstić information content (AvgIpc) is 2.31. The van der Waals surface area contributed by atoms with E-state index in [2.05, 4.69) is 4.90 Å². The number of aliphatic hydroxyl groups excluding tert-OH is 1. The van der Waals surface area contributed by atoms with E-state index < -0.39 is 6.10 Å². The zero-order valence-corrected chi connectivity index (χ0v) is 9.08. The van der Waals surface area contributed by atoms with Crippen molar-refractivity contribution in [2.75, 3.05) is 32.8 Å². The second kappa shape index (κ2) is 5.25. The second-order valence-electron chi connectivity index (χ2n) is 3.92. The van der Waals surface area contributed by atoms with Crippen LogP contribution in [0.3, 0.4) is 0 Å². The van der Waals surface area contributed by atoms with Crippen LogP contribution in [0.5, 0.6) is 0 Å². The van der Waals surface area contributed by atoms with Crippen LogP contribution in [0.25, 0.3) is 0 Å². The van der Waals surface area contributed by atoms with Gasteiger partial charge in [0, 0.05) is 31.8 Å². The Morgan fingerprint density at radius 2 is 2.00 bits per heavy atom. The number of nitrogens with zero attached hydrogens (tertiary/aromatic N) is 2. The second-order valence-corrected chi connectivity index (χ2v) is 3.92. The van der Waals surface area contributed by atoms with Gasteiger partial charge in [0.25, 0.3) is 0 Å². The van der Waals surface area contributed by atoms with Crippen LogP contribution in [-0.2, 0) is 4.74 Å². The minimum atomic E-state index is -0.542. The van der Waals surface area contributed by atoms with E-state index in [1.807, 2.05) is 0 Å². The topological polar surface area (TPSA) is 59.6 Å². The van der Waals surface area contributed by atoms with Crippen molar-refractivity contribution in [3.05, 3.63) is 35.3 Å². The maximum absolute atomic E-state index is 10.8. The van der Waals surface area contributed by atoms with Gasteiger partial charge in [-0.25, -0.2) is 0 Å². The predicted molar refractivity (Wildman–Crippen MR) is 57.6 cm³/mol. The Bertz CT molecular complexity index is 323. The fraction of sp³-hybridized carbons (Fsp3) is 0.545. The van der Waals surface area contributed by atoms with E-state index in [-0.39, 0.29) is 0 Å². The maximum atomic E-state index is 10.8. The number of aliphatic hydroxyl groups is 1. The molecule has 1 aromatic rings. The molecule has 16 heavy (non-hydrogen) atoms. The summed E-state index contributed by atoms with van der Waals surface area (Å²) in [5.74, 6) is 0. The summed E-state index contributed by atoms with van der Waals surface area (Å²) in [6.45, 7) is 3.74. The molecule has 0 spiro atoms. The zero-order valence-electron chi connectivity index (χ0n) is 9.08. The summed E-state index contributed by atoms with van der Waals surface area (Å²) in [5, 5.41) is 20.8. The molecule has 0 aromatic carbocycles. The molecular formula is C11H16N2O3. The Morgan fingerprint density at radius 3 is 2.62 bits per heavy atom. The van der Waals surface area contributed by atoms with Crippen LogP contribution >= 0.6 is 0 Å². The van der Waals surface area contributed by atoms with Crippen molar-refractivity contribution in [1.82, 2.24) is 4.90 Å². The highest BCUT2D eigenvalue weighted by molar-refractivity contribution is 5.11. The fourth-order valence-corrected chi connectivity index (χ4v) is 1.78. The zero-order chi connectivity index (χ0) is 11.4. The van der Waals surface area contributed by atoms with E-state index in [0.717, 1.165) is 31.9 Å². The number of ether oxygens (including phenoxy) is 1. The molecule has 88 valence electrons. The van der Waals surface area contributed by atoms with Crippen LogP contribution in [0.4, 0.5) is 0 Å². The number of hydrogen-bond acceptors (Lipinski definition) is 4. The molecule has 5 nitrogen and oxygen atoms in total. The third-order valence-electron chi connectivity index (χ3n) is 2.75. The van der Waals surface area contributed by atoms with Gasteiger partial charge >= 0.3 is 0 Å². The average molecular weight is 224 g/mol. The van der Waals surface area contributed by atoms with Crippen molar-refractivity contribution in [3.63, 3.8) is 0 Å². The van der Waals surface area contributed by atoms with E-state index in [1.165, 1.54) is 12.4 Å². The summed E-state index contributed by atoms with van der Waals surface area (Å²) >= 11 is 0. The molecule has 1 N–H and O–H groups in total. The molecule has 2 heterocycles. The summed E-state index contributed by atoms with van der Waals surface area (Å²) in [6, 6.07) is 3.30. The molecule has 1 fully saturated rings. The van der Waals surface area contributed by atoms with Gasteiger partial charge in [0.15, 0.2) is 12.4 Å². The van der Waals surface area contributed by atoms with Gasteiger partial charge in [-0.1, -0.05) is 0 Å². The maximum Gasteiger partial charge on any atom is 0.180 e. The molecule has 1 aliphatic heterocycles. The Balaban J connectivity index is 1.91. The molecule has 5 heteroatoms. The lowest BCUT2D eigenvalue weighted by atomic mass is 10.1. The summed E-state index contributed by atoms with van der Waals surface area (Å²) < 4.78 is 5.95. The van der Waals surface area contributed by atoms with Gasteiger partial charge < -0.3 is 15.1 Å². The lowest BCUT2D eigenvalue weighted by Gasteiger charge is -2.28. The van der Waals surface area contributed by atoms with Gasteiger partial charge in [0.05, 0.1) is 19.3 Å². The summed E-state index contributed by atoms with van der Waals surface area (Å²) in [4.78, 5) is 2.16. The monoisotopic (exact) mass is 224 g/mol. The van der Waals surface area contributed by atoms with E-state index >= 15 is 0 Å². The van der Waals surface area contributed by atoms with Gasteiger partial charge in [-0.05, 0) is 5.56 Å². The summed E-state index contributed by atoms with van der Waals surface area (Å²) in [7, 11) is 0. The normalized spacial score (nSPS) is 19.6. The number of hydrogen-bond donors (Lipinski definition) is 1. The Labute approximate surface area is 94.5 Å². The first-order valence-electron chi connectivity index (χ1n) is 5.42. The molecule has 1 saturated heterocycles. The molecule has 1 aliphatic rings. The van der Waals surface area contributed by atoms with E-state index in [9.17, 15) is 10.3 Å². The molecule has 0 aliphatic carbocycles. The first-order valence-corrected chi connectivity index (χ1v) is 5.42. The van der Waals surface area contributed by atoms with Crippen LogP contribution in [0.1, 0.15) is 11.7 Å². The number of pyridine rings is 1. The molecule has 0 saturated carbocycles. The lowest BCUT2D eigenvalue weighted by Crippen LogP contribution is -2.39. The largest absolute Gasteiger partial charge is 0.619 e. The van der Waals surface area contributed by atoms with Crippen LogP contribution < -0.4 is 4.73 Å². The van der Waals surface area contributed by atoms with Gasteiger partial charge in [0.2, 0.25) is 0 Å². The number of rotatable bonds is 3. The fourth-order valence-electron chi connectivity index (χ4n) is 1.78. The van der Waals surface area contributed by atoms with E-state index in [4.69, 9.17) is 4.74 Å². The molecule has 0 amide bonds. The van der Waals surface area contributed by atoms with Crippen LogP contribution in [0, 0.1) is 5.21 Å². The smallest absolute Gasteiger partial charge is 0.180 e. The Morgan fingerprint density at radius 1 is 1.38 bits per heavy atom. The number of aromatic nitrogens is 1. The highest BCUT2D eigenvalue weighted by Gasteiger charge is 2.16. The Kier molecular flexibility index (Phi) is 3.71. The van der Waals surface area contributed by atoms with Gasteiger partial charge in [-0.15, -0.1) is 0 Å². The highest BCUT2D eigenvalue weighted by Crippen LogP contribution is 2.13. The minimum Gasteiger partial charge on any atom is -0.619 e. The van der Waals surface area contributed by atoms with Crippen molar-refractivity contribution in [1.29, 1.82) is 0 Å². The van der Waals surface area contributed by atoms with Gasteiger partial charge in [0.1, 0.15) is 0 Å². The molecule has 0 bridgehead atoms. The van der Waals surface area contributed by atoms with Crippen molar-refractivity contribution < 1.29 is 14.6 Å². The quantitative estimate of drug-likeness (QED) is 0.565. The first-order chi connectivity index (χ1) is 7.75. The van der Waals surface area contributed by atoms with Crippen molar-refractivity contribution in [2.24, 2.45) is 0 Å². The standard InChI is InChI=1S/C11H16N2O3/c14-11(9-12-5-7-16-8-6-12)10-1-3-13(15)4-2-10/h1-4,11,14H,5-9H2. The number of morpholine rings is 1. The Hall–Kier alpha value is -1.17. The third-order valence-corrected chi connectivity index (χ3v) is 2.75. The van der Waals surface area contributed by atoms with Crippen molar-refractivity contribution in [3.8, 4) is 0 Å². The van der Waals surface area contributed by atoms with Gasteiger partial charge in [-0.3, -0.25) is 4.90 Å².